The van der Waals surface area contributed by atoms with E-state index in [2.05, 4.69) is 10.4 Å². The first-order valence-electron chi connectivity index (χ1n) is 11.0. The fourth-order valence-corrected chi connectivity index (χ4v) is 5.20. The summed E-state index contributed by atoms with van der Waals surface area (Å²) in [5.41, 5.74) is 4.90. The van der Waals surface area contributed by atoms with E-state index in [9.17, 15) is 13.6 Å². The number of alkyl halides is 2. The summed E-state index contributed by atoms with van der Waals surface area (Å²) >= 11 is 6.66. The van der Waals surface area contributed by atoms with Crippen molar-refractivity contribution in [2.24, 2.45) is 14.1 Å². The highest BCUT2D eigenvalue weighted by Gasteiger charge is 2.26. The Morgan fingerprint density at radius 1 is 1.18 bits per heavy atom. The van der Waals surface area contributed by atoms with Crippen LogP contribution in [0, 0.1) is 0 Å². The van der Waals surface area contributed by atoms with E-state index in [-0.39, 0.29) is 11.5 Å². The molecule has 34 heavy (non-hydrogen) atoms. The van der Waals surface area contributed by atoms with Crippen molar-refractivity contribution in [2.45, 2.75) is 19.3 Å². The van der Waals surface area contributed by atoms with Crippen LogP contribution in [-0.4, -0.2) is 33.8 Å². The summed E-state index contributed by atoms with van der Waals surface area (Å²) in [4.78, 5) is 14.5. The lowest BCUT2D eigenvalue weighted by molar-refractivity contribution is 0.0964. The molecule has 6 nitrogen and oxygen atoms in total. The molecule has 2 aromatic heterocycles. The summed E-state index contributed by atoms with van der Waals surface area (Å²) in [5, 5.41) is 8.03. The van der Waals surface area contributed by atoms with Gasteiger partial charge < -0.3 is 14.8 Å². The molecule has 0 spiro atoms. The van der Waals surface area contributed by atoms with Crippen molar-refractivity contribution >= 4 is 39.8 Å². The molecule has 0 fully saturated rings. The molecule has 0 saturated heterocycles. The van der Waals surface area contributed by atoms with Gasteiger partial charge in [0.25, 0.3) is 12.3 Å². The van der Waals surface area contributed by atoms with E-state index >= 15 is 0 Å². The Morgan fingerprint density at radius 3 is 2.65 bits per heavy atom. The molecular weight excluding hydrogens is 460 g/mol. The maximum Gasteiger partial charge on any atom is 0.264 e. The monoisotopic (exact) mass is 483 g/mol. The van der Waals surface area contributed by atoms with Crippen molar-refractivity contribution in [3.63, 3.8) is 0 Å². The first-order valence-corrected chi connectivity index (χ1v) is 11.4. The first-order chi connectivity index (χ1) is 16.3. The van der Waals surface area contributed by atoms with Crippen LogP contribution in [0.5, 0.6) is 0 Å². The Labute approximate surface area is 200 Å². The normalized spacial score (nSPS) is 13.6. The Hall–Kier alpha value is -3.39. The zero-order valence-corrected chi connectivity index (χ0v) is 19.8. The summed E-state index contributed by atoms with van der Waals surface area (Å²) in [7, 11) is 5.19. The highest BCUT2D eigenvalue weighted by molar-refractivity contribution is 6.36. The van der Waals surface area contributed by atoms with Crippen LogP contribution >= 0.6 is 11.6 Å². The summed E-state index contributed by atoms with van der Waals surface area (Å²) < 4.78 is 31.8. The molecule has 1 N–H and O–H groups in total. The molecule has 3 heterocycles. The second kappa shape index (κ2) is 8.43. The molecule has 0 saturated carbocycles. The Bertz CT molecular complexity index is 1420. The lowest BCUT2D eigenvalue weighted by atomic mass is 9.92. The lowest BCUT2D eigenvalue weighted by Crippen LogP contribution is -2.25. The number of halogens is 3. The molecule has 0 atom stereocenters. The van der Waals surface area contributed by atoms with Crippen molar-refractivity contribution in [2.75, 3.05) is 18.5 Å². The van der Waals surface area contributed by atoms with Crippen LogP contribution in [-0.2, 0) is 20.5 Å². The van der Waals surface area contributed by atoms with Gasteiger partial charge in [-0.05, 0) is 48.2 Å². The van der Waals surface area contributed by atoms with Gasteiger partial charge in [0.05, 0.1) is 22.3 Å². The highest BCUT2D eigenvalue weighted by atomic mass is 35.5. The summed E-state index contributed by atoms with van der Waals surface area (Å²) in [6.45, 7) is 0.659. The van der Waals surface area contributed by atoms with E-state index in [4.69, 9.17) is 11.6 Å². The molecule has 1 aliphatic rings. The number of aryl methyl sites for hydroxylation is 3. The molecule has 9 heteroatoms. The number of nitrogens with one attached hydrogen (secondary N) is 1. The van der Waals surface area contributed by atoms with Gasteiger partial charge in [-0.15, -0.1) is 0 Å². The van der Waals surface area contributed by atoms with Crippen molar-refractivity contribution in [3.8, 4) is 11.1 Å². The Morgan fingerprint density at radius 2 is 1.97 bits per heavy atom. The van der Waals surface area contributed by atoms with Gasteiger partial charge in [-0.2, -0.15) is 5.10 Å². The number of fused-ring (bicyclic) bond motifs is 2. The standard InChI is InChI=1S/C25H24ClF2N5O/c1-29-25(34)20-13-31(2)23-18(20)8-16(9-21(23)26)33-6-4-5-14-7-17(15-11-30-32(3)12-15)19(24(27)28)10-22(14)33/h7-13,24H,4-6H2,1-3H3,(H,29,34). The Balaban J connectivity index is 1.68. The third-order valence-corrected chi connectivity index (χ3v) is 6.71. The van der Waals surface area contributed by atoms with E-state index < -0.39 is 6.43 Å². The number of hydrogen-bond donors (Lipinski definition) is 1. The van der Waals surface area contributed by atoms with E-state index in [1.165, 1.54) is 0 Å². The van der Waals surface area contributed by atoms with Crippen LogP contribution in [0.25, 0.3) is 22.0 Å². The van der Waals surface area contributed by atoms with E-state index in [0.29, 0.717) is 28.3 Å². The number of benzene rings is 2. The molecule has 1 amide bonds. The topological polar surface area (TPSA) is 55.1 Å². The third-order valence-electron chi connectivity index (χ3n) is 6.42. The maximum atomic E-state index is 14.2. The smallest absolute Gasteiger partial charge is 0.264 e. The minimum absolute atomic E-state index is 0.0309. The maximum absolute atomic E-state index is 14.2. The number of hydrogen-bond acceptors (Lipinski definition) is 3. The minimum atomic E-state index is -2.63. The van der Waals surface area contributed by atoms with E-state index in [0.717, 1.165) is 40.7 Å². The van der Waals surface area contributed by atoms with Crippen LogP contribution in [0.2, 0.25) is 5.02 Å². The number of anilines is 2. The van der Waals surface area contributed by atoms with Gasteiger partial charge in [0, 0.05) is 68.0 Å². The summed E-state index contributed by atoms with van der Waals surface area (Å²) in [5.74, 6) is -0.209. The van der Waals surface area contributed by atoms with Crippen LogP contribution in [0.1, 0.15) is 34.3 Å². The molecule has 5 rings (SSSR count). The van der Waals surface area contributed by atoms with Crippen LogP contribution < -0.4 is 10.2 Å². The quantitative estimate of drug-likeness (QED) is 0.410. The van der Waals surface area contributed by atoms with Gasteiger partial charge >= 0.3 is 0 Å². The van der Waals surface area contributed by atoms with Gasteiger partial charge in [-0.3, -0.25) is 9.48 Å². The second-order valence-electron chi connectivity index (χ2n) is 8.58. The number of rotatable bonds is 4. The first kappa shape index (κ1) is 22.4. The second-order valence-corrected chi connectivity index (χ2v) is 8.99. The summed E-state index contributed by atoms with van der Waals surface area (Å²) in [6, 6.07) is 7.20. The predicted octanol–water partition coefficient (Wildman–Crippen LogP) is 5.61. The lowest BCUT2D eigenvalue weighted by Gasteiger charge is -2.33. The van der Waals surface area contributed by atoms with Gasteiger partial charge in [-0.1, -0.05) is 11.6 Å². The minimum Gasteiger partial charge on any atom is -0.355 e. The molecule has 2 aromatic carbocycles. The molecule has 0 aliphatic carbocycles. The molecule has 0 unspecified atom stereocenters. The zero-order valence-electron chi connectivity index (χ0n) is 19.1. The molecule has 0 radical (unpaired) electrons. The van der Waals surface area contributed by atoms with Crippen molar-refractivity contribution in [3.05, 3.63) is 64.6 Å². The average Bonchev–Trinajstić information content (AvgIpc) is 3.40. The van der Waals surface area contributed by atoms with Crippen molar-refractivity contribution in [1.82, 2.24) is 19.7 Å². The van der Waals surface area contributed by atoms with Crippen LogP contribution in [0.3, 0.4) is 0 Å². The Kier molecular flexibility index (Phi) is 5.56. The average molecular weight is 484 g/mol. The van der Waals surface area contributed by atoms with Crippen LogP contribution in [0.4, 0.5) is 20.2 Å². The fraction of sp³-hybridized carbons (Fsp3) is 0.280. The zero-order chi connectivity index (χ0) is 24.1. The van der Waals surface area contributed by atoms with E-state index in [1.54, 1.807) is 43.4 Å². The van der Waals surface area contributed by atoms with Gasteiger partial charge in [-0.25, -0.2) is 8.78 Å². The number of amides is 1. The van der Waals surface area contributed by atoms with Crippen molar-refractivity contribution < 1.29 is 13.6 Å². The fourth-order valence-electron chi connectivity index (χ4n) is 4.86. The van der Waals surface area contributed by atoms with Crippen LogP contribution in [0.15, 0.2) is 42.9 Å². The molecule has 176 valence electrons. The van der Waals surface area contributed by atoms with Crippen molar-refractivity contribution in [1.29, 1.82) is 0 Å². The summed E-state index contributed by atoms with van der Waals surface area (Å²) in [6.07, 6.45) is 4.12. The number of aromatic nitrogens is 3. The van der Waals surface area contributed by atoms with Gasteiger partial charge in [0.15, 0.2) is 0 Å². The number of carbonyl (C=O) groups excluding carboxylic acids is 1. The largest absolute Gasteiger partial charge is 0.355 e. The SMILES string of the molecule is CNC(=O)c1cn(C)c2c(Cl)cc(N3CCCc4cc(-c5cnn(C)c5)c(C(F)F)cc43)cc12. The van der Waals surface area contributed by atoms with Gasteiger partial charge in [0.1, 0.15) is 0 Å². The predicted molar refractivity (Wildman–Crippen MR) is 130 cm³/mol. The molecule has 0 bridgehead atoms. The molecule has 1 aliphatic heterocycles. The highest BCUT2D eigenvalue weighted by Crippen LogP contribution is 2.43. The molecule has 4 aromatic rings. The number of nitrogens with zero attached hydrogens (tertiary/aromatic N) is 4. The molecular formula is C25H24ClF2N5O. The van der Waals surface area contributed by atoms with Gasteiger partial charge in [0.2, 0.25) is 0 Å². The number of carbonyl (C=O) groups is 1. The third kappa shape index (κ3) is 3.62. The van der Waals surface area contributed by atoms with E-state index in [1.807, 2.05) is 34.7 Å².